The second-order valence-electron chi connectivity index (χ2n) is 14.0. The molecule has 0 saturated heterocycles. The number of hydrogen-bond acceptors (Lipinski definition) is 4. The lowest BCUT2D eigenvalue weighted by molar-refractivity contribution is 0.672. The second kappa shape index (κ2) is 11.1. The molecule has 12 aromatic rings. The Kier molecular flexibility index (Phi) is 5.99. The summed E-state index contributed by atoms with van der Waals surface area (Å²) in [4.78, 5) is 16.2. The van der Waals surface area contributed by atoms with Gasteiger partial charge < -0.3 is 4.42 Å². The molecule has 0 atom stereocenters. The van der Waals surface area contributed by atoms with Gasteiger partial charge >= 0.3 is 0 Å². The van der Waals surface area contributed by atoms with Gasteiger partial charge in [0.1, 0.15) is 11.2 Å². The number of furan rings is 1. The van der Waals surface area contributed by atoms with E-state index >= 15 is 0 Å². The smallest absolute Gasteiger partial charge is 0.238 e. The minimum absolute atomic E-state index is 0.559. The summed E-state index contributed by atoms with van der Waals surface area (Å²) < 4.78 is 8.87. The number of hydrogen-bond donors (Lipinski definition) is 0. The Labute approximate surface area is 308 Å². The van der Waals surface area contributed by atoms with Crippen molar-refractivity contribution in [1.82, 2.24) is 19.5 Å². The van der Waals surface area contributed by atoms with Gasteiger partial charge in [0.15, 0.2) is 11.6 Å². The van der Waals surface area contributed by atoms with E-state index in [-0.39, 0.29) is 0 Å². The van der Waals surface area contributed by atoms with Gasteiger partial charge in [-0.1, -0.05) is 146 Å². The van der Waals surface area contributed by atoms with Gasteiger partial charge in [-0.2, -0.15) is 9.97 Å². The van der Waals surface area contributed by atoms with E-state index in [0.29, 0.717) is 17.6 Å². The molecule has 5 heteroatoms. The van der Waals surface area contributed by atoms with Gasteiger partial charge in [0.2, 0.25) is 5.95 Å². The van der Waals surface area contributed by atoms with Crippen LogP contribution in [0, 0.1) is 0 Å². The SMILES string of the molecule is c1ccc2cc(-c3nc(-c4cc5ccccc5c5oc6ccccc6c45)nc(-n4c5ccc6ccccc6c5c5ccc6ccccc6c54)n3)ccc2c1. The number of para-hydroxylation sites is 1. The third-order valence-electron chi connectivity index (χ3n) is 11.0. The number of benzene rings is 9. The molecule has 0 fully saturated rings. The molecule has 0 amide bonds. The van der Waals surface area contributed by atoms with Crippen molar-refractivity contribution in [2.24, 2.45) is 0 Å². The first-order valence-corrected chi connectivity index (χ1v) is 18.2. The zero-order valence-electron chi connectivity index (χ0n) is 28.9. The van der Waals surface area contributed by atoms with Crippen molar-refractivity contribution in [2.45, 2.75) is 0 Å². The topological polar surface area (TPSA) is 56.7 Å². The molecule has 5 nitrogen and oxygen atoms in total. The predicted molar refractivity (Wildman–Crippen MR) is 222 cm³/mol. The molecule has 0 spiro atoms. The van der Waals surface area contributed by atoms with E-state index in [2.05, 4.69) is 162 Å². The third kappa shape index (κ3) is 4.18. The highest BCUT2D eigenvalue weighted by molar-refractivity contribution is 6.26. The Bertz CT molecular complexity index is 3520. The molecule has 0 N–H and O–H groups in total. The summed E-state index contributed by atoms with van der Waals surface area (Å²) in [6.45, 7) is 0. The van der Waals surface area contributed by atoms with Crippen LogP contribution in [0.25, 0.3) is 116 Å². The Hall–Kier alpha value is -7.37. The Morgan fingerprint density at radius 2 is 1.04 bits per heavy atom. The Morgan fingerprint density at radius 3 is 1.89 bits per heavy atom. The average Bonchev–Trinajstić information content (AvgIpc) is 3.80. The summed E-state index contributed by atoms with van der Waals surface area (Å²) in [6.07, 6.45) is 0. The van der Waals surface area contributed by atoms with Crippen LogP contribution in [0.4, 0.5) is 0 Å². The van der Waals surface area contributed by atoms with Gasteiger partial charge in [-0.3, -0.25) is 4.57 Å². The Balaban J connectivity index is 1.25. The van der Waals surface area contributed by atoms with E-state index < -0.39 is 0 Å². The lowest BCUT2D eigenvalue weighted by Crippen LogP contribution is -2.07. The largest absolute Gasteiger partial charge is 0.455 e. The van der Waals surface area contributed by atoms with Crippen LogP contribution in [0.1, 0.15) is 0 Å². The maximum atomic E-state index is 6.62. The predicted octanol–water partition coefficient (Wildman–Crippen LogP) is 12.8. The molecule has 0 aliphatic carbocycles. The van der Waals surface area contributed by atoms with Crippen LogP contribution in [0.2, 0.25) is 0 Å². The minimum atomic E-state index is 0.559. The molecular weight excluding hydrogens is 661 g/mol. The molecule has 54 heavy (non-hydrogen) atoms. The zero-order valence-corrected chi connectivity index (χ0v) is 28.9. The van der Waals surface area contributed by atoms with Crippen molar-refractivity contribution < 1.29 is 4.42 Å². The van der Waals surface area contributed by atoms with Crippen LogP contribution in [0.15, 0.2) is 174 Å². The summed E-state index contributed by atoms with van der Waals surface area (Å²) in [5, 5.41) is 13.4. The molecule has 0 aliphatic rings. The van der Waals surface area contributed by atoms with E-state index in [1.807, 2.05) is 12.1 Å². The van der Waals surface area contributed by atoms with Gasteiger partial charge in [-0.15, -0.1) is 0 Å². The van der Waals surface area contributed by atoms with Crippen LogP contribution in [0.5, 0.6) is 0 Å². The molecule has 0 saturated carbocycles. The summed E-state index contributed by atoms with van der Waals surface area (Å²) in [7, 11) is 0. The van der Waals surface area contributed by atoms with Crippen molar-refractivity contribution in [3.05, 3.63) is 170 Å². The first-order chi connectivity index (χ1) is 26.8. The molecule has 0 radical (unpaired) electrons. The number of fused-ring (bicyclic) bond motifs is 13. The number of aromatic nitrogens is 4. The fourth-order valence-corrected chi connectivity index (χ4v) is 8.53. The lowest BCUT2D eigenvalue weighted by atomic mass is 9.99. The molecule has 3 heterocycles. The van der Waals surface area contributed by atoms with Gasteiger partial charge in [-0.05, 0) is 56.6 Å². The maximum absolute atomic E-state index is 6.62. The fraction of sp³-hybridized carbons (Fsp3) is 0. The highest BCUT2D eigenvalue weighted by atomic mass is 16.3. The van der Waals surface area contributed by atoms with E-state index in [4.69, 9.17) is 19.4 Å². The van der Waals surface area contributed by atoms with Crippen LogP contribution in [-0.4, -0.2) is 19.5 Å². The normalized spacial score (nSPS) is 12.1. The summed E-state index contributed by atoms with van der Waals surface area (Å²) >= 11 is 0. The van der Waals surface area contributed by atoms with Crippen molar-refractivity contribution in [3.8, 4) is 28.7 Å². The van der Waals surface area contributed by atoms with E-state index in [9.17, 15) is 0 Å². The Morgan fingerprint density at radius 1 is 0.407 bits per heavy atom. The van der Waals surface area contributed by atoms with Gasteiger partial charge in [0, 0.05) is 43.4 Å². The molecule has 0 aliphatic heterocycles. The third-order valence-corrected chi connectivity index (χ3v) is 11.0. The number of nitrogens with zero attached hydrogens (tertiary/aromatic N) is 4. The van der Waals surface area contributed by atoms with Crippen LogP contribution >= 0.6 is 0 Å². The van der Waals surface area contributed by atoms with Crippen molar-refractivity contribution in [2.75, 3.05) is 0 Å². The van der Waals surface area contributed by atoms with Gasteiger partial charge in [0.05, 0.1) is 11.0 Å². The summed E-state index contributed by atoms with van der Waals surface area (Å²) in [6, 6.07) is 59.7. The molecular formula is C49H28N4O. The highest BCUT2D eigenvalue weighted by Gasteiger charge is 2.23. The monoisotopic (exact) mass is 688 g/mol. The molecule has 0 bridgehead atoms. The second-order valence-corrected chi connectivity index (χ2v) is 14.0. The lowest BCUT2D eigenvalue weighted by Gasteiger charge is -2.13. The van der Waals surface area contributed by atoms with Crippen LogP contribution in [0.3, 0.4) is 0 Å². The van der Waals surface area contributed by atoms with E-state index in [1.54, 1.807) is 0 Å². The van der Waals surface area contributed by atoms with Crippen LogP contribution in [-0.2, 0) is 0 Å². The van der Waals surface area contributed by atoms with E-state index in [1.165, 1.54) is 16.2 Å². The highest BCUT2D eigenvalue weighted by Crippen LogP contribution is 2.43. The molecule has 9 aromatic carbocycles. The quantitative estimate of drug-likeness (QED) is 0.185. The van der Waals surface area contributed by atoms with Gasteiger partial charge in [-0.25, -0.2) is 4.98 Å². The zero-order chi connectivity index (χ0) is 35.3. The van der Waals surface area contributed by atoms with Crippen molar-refractivity contribution in [3.63, 3.8) is 0 Å². The summed E-state index contributed by atoms with van der Waals surface area (Å²) in [5.74, 6) is 1.75. The first-order valence-electron chi connectivity index (χ1n) is 18.2. The standard InChI is InChI=1S/C49H28N4O/c1-2-14-32-27-34(22-21-29(32)11-1)47-50-48(40-28-33-15-5-8-18-37(33)46-44(40)38-19-9-10-20-42(38)54-46)52-49(51-47)53-41-26-24-30-12-3-6-16-35(30)43(41)39-25-23-31-13-4-7-17-36(31)45(39)53/h1-28H. The van der Waals surface area contributed by atoms with Crippen molar-refractivity contribution in [1.29, 1.82) is 0 Å². The van der Waals surface area contributed by atoms with E-state index in [0.717, 1.165) is 81.8 Å². The van der Waals surface area contributed by atoms with Crippen molar-refractivity contribution >= 4 is 86.8 Å². The van der Waals surface area contributed by atoms with Gasteiger partial charge in [0.25, 0.3) is 0 Å². The fourth-order valence-electron chi connectivity index (χ4n) is 8.53. The number of rotatable bonds is 3. The molecule has 3 aromatic heterocycles. The average molecular weight is 689 g/mol. The summed E-state index contributed by atoms with van der Waals surface area (Å²) in [5.41, 5.74) is 5.58. The maximum Gasteiger partial charge on any atom is 0.238 e. The first kappa shape index (κ1) is 29.2. The minimum Gasteiger partial charge on any atom is -0.455 e. The molecule has 0 unspecified atom stereocenters. The molecule has 250 valence electrons. The van der Waals surface area contributed by atoms with Crippen LogP contribution < -0.4 is 0 Å². The molecule has 12 rings (SSSR count).